The van der Waals surface area contributed by atoms with Gasteiger partial charge in [0.05, 0.1) is 12.7 Å². The average Bonchev–Trinajstić information content (AvgIpc) is 3.01. The Hall–Kier alpha value is -1.43. The zero-order valence-electron chi connectivity index (χ0n) is 14.6. The lowest BCUT2D eigenvalue weighted by Crippen LogP contribution is -2.37. The third kappa shape index (κ3) is 4.15. The van der Waals surface area contributed by atoms with E-state index in [0.717, 1.165) is 37.4 Å². The molecule has 0 unspecified atom stereocenters. The fourth-order valence-corrected chi connectivity index (χ4v) is 3.48. The van der Waals surface area contributed by atoms with Gasteiger partial charge in [0, 0.05) is 38.5 Å². The first-order chi connectivity index (χ1) is 11.6. The van der Waals surface area contributed by atoms with Crippen molar-refractivity contribution in [1.29, 1.82) is 0 Å². The van der Waals surface area contributed by atoms with Gasteiger partial charge >= 0.3 is 0 Å². The molecule has 1 aliphatic heterocycles. The summed E-state index contributed by atoms with van der Waals surface area (Å²) >= 11 is 0. The van der Waals surface area contributed by atoms with Crippen LogP contribution in [-0.4, -0.2) is 38.0 Å². The lowest BCUT2D eigenvalue weighted by molar-refractivity contribution is -0.191. The minimum Gasteiger partial charge on any atom is -0.355 e. The highest BCUT2D eigenvalue weighted by Gasteiger charge is 2.43. The van der Waals surface area contributed by atoms with Crippen LogP contribution in [0, 0.1) is 5.92 Å². The van der Waals surface area contributed by atoms with Crippen LogP contribution in [0.1, 0.15) is 48.5 Å². The molecule has 3 rings (SSSR count). The summed E-state index contributed by atoms with van der Waals surface area (Å²) in [5.74, 6) is 0.421. The predicted octanol–water partition coefficient (Wildman–Crippen LogP) is 2.46. The Morgan fingerprint density at radius 2 is 1.96 bits per heavy atom. The first-order valence-corrected chi connectivity index (χ1v) is 8.94. The normalized spacial score (nSPS) is 29.8. The molecule has 5 heteroatoms. The summed E-state index contributed by atoms with van der Waals surface area (Å²) in [5.41, 5.74) is 1.84. The molecule has 24 heavy (non-hydrogen) atoms. The van der Waals surface area contributed by atoms with Gasteiger partial charge in [-0.05, 0) is 36.5 Å². The molecule has 1 aromatic carbocycles. The van der Waals surface area contributed by atoms with Crippen LogP contribution in [0.4, 0.5) is 0 Å². The van der Waals surface area contributed by atoms with Crippen LogP contribution in [0.25, 0.3) is 0 Å². The van der Waals surface area contributed by atoms with E-state index >= 15 is 0 Å². The standard InChI is InChI=1S/C19H28N2O3/c1-14-7-9-19(10-8-14)23-13-17(24-19)12-21-11-15-3-5-16(6-4-15)18(22)20-2/h3-6,14,17,21H,7-13H2,1-2H3,(H,20,22)/t14?,17-,19?/m1/s1. The van der Waals surface area contributed by atoms with Crippen molar-refractivity contribution in [2.45, 2.75) is 51.0 Å². The molecule has 0 aromatic heterocycles. The van der Waals surface area contributed by atoms with Gasteiger partial charge in [-0.15, -0.1) is 0 Å². The Labute approximate surface area is 144 Å². The Morgan fingerprint density at radius 3 is 2.62 bits per heavy atom. The minimum absolute atomic E-state index is 0.0573. The first kappa shape index (κ1) is 17.4. The van der Waals surface area contributed by atoms with Gasteiger partial charge in [0.1, 0.15) is 0 Å². The maximum Gasteiger partial charge on any atom is 0.251 e. The van der Waals surface area contributed by atoms with Crippen LogP contribution in [0.15, 0.2) is 24.3 Å². The molecule has 1 atom stereocenters. The highest BCUT2D eigenvalue weighted by atomic mass is 16.7. The molecular formula is C19H28N2O3. The minimum atomic E-state index is -0.311. The molecule has 0 bridgehead atoms. The zero-order valence-corrected chi connectivity index (χ0v) is 14.6. The van der Waals surface area contributed by atoms with Crippen LogP contribution in [-0.2, 0) is 16.0 Å². The smallest absolute Gasteiger partial charge is 0.251 e. The molecule has 1 aliphatic carbocycles. The van der Waals surface area contributed by atoms with Gasteiger partial charge in [-0.25, -0.2) is 0 Å². The van der Waals surface area contributed by atoms with E-state index in [9.17, 15) is 4.79 Å². The Kier molecular flexibility index (Phi) is 5.54. The first-order valence-electron chi connectivity index (χ1n) is 8.94. The number of hydrogen-bond acceptors (Lipinski definition) is 4. The van der Waals surface area contributed by atoms with Gasteiger partial charge in [-0.1, -0.05) is 19.1 Å². The Balaban J connectivity index is 1.42. The number of carbonyl (C=O) groups excluding carboxylic acids is 1. The number of rotatable bonds is 5. The van der Waals surface area contributed by atoms with E-state index in [1.807, 2.05) is 24.3 Å². The molecule has 1 saturated heterocycles. The van der Waals surface area contributed by atoms with Crippen molar-refractivity contribution in [2.24, 2.45) is 5.92 Å². The van der Waals surface area contributed by atoms with Crippen LogP contribution in [0.5, 0.6) is 0 Å². The highest BCUT2D eigenvalue weighted by Crippen LogP contribution is 2.39. The molecule has 2 N–H and O–H groups in total. The fraction of sp³-hybridized carbons (Fsp3) is 0.632. The van der Waals surface area contributed by atoms with Crippen molar-refractivity contribution < 1.29 is 14.3 Å². The second-order valence-electron chi connectivity index (χ2n) is 7.05. The largest absolute Gasteiger partial charge is 0.355 e. The van der Waals surface area contributed by atoms with Crippen molar-refractivity contribution >= 4 is 5.91 Å². The van der Waals surface area contributed by atoms with E-state index in [1.165, 1.54) is 12.8 Å². The van der Waals surface area contributed by atoms with E-state index in [0.29, 0.717) is 12.2 Å². The van der Waals surface area contributed by atoms with Crippen LogP contribution < -0.4 is 10.6 Å². The van der Waals surface area contributed by atoms with Gasteiger partial charge in [0.15, 0.2) is 5.79 Å². The van der Waals surface area contributed by atoms with Crippen molar-refractivity contribution in [3.8, 4) is 0 Å². The Bertz CT molecular complexity index is 550. The monoisotopic (exact) mass is 332 g/mol. The molecule has 1 amide bonds. The van der Waals surface area contributed by atoms with Gasteiger partial charge in [-0.3, -0.25) is 4.79 Å². The summed E-state index contributed by atoms with van der Waals surface area (Å²) in [6.07, 6.45) is 4.55. The fourth-order valence-electron chi connectivity index (χ4n) is 3.48. The quantitative estimate of drug-likeness (QED) is 0.869. The summed E-state index contributed by atoms with van der Waals surface area (Å²) in [7, 11) is 1.64. The van der Waals surface area contributed by atoms with Crippen LogP contribution in [0.3, 0.4) is 0 Å². The topological polar surface area (TPSA) is 59.6 Å². The molecule has 1 heterocycles. The van der Waals surface area contributed by atoms with Gasteiger partial charge in [0.25, 0.3) is 5.91 Å². The predicted molar refractivity (Wildman–Crippen MR) is 92.7 cm³/mol. The number of ether oxygens (including phenoxy) is 2. The number of hydrogen-bond donors (Lipinski definition) is 2. The molecule has 1 aromatic rings. The second kappa shape index (κ2) is 7.64. The van der Waals surface area contributed by atoms with Gasteiger partial charge in [-0.2, -0.15) is 0 Å². The third-order valence-corrected chi connectivity index (χ3v) is 5.09. The van der Waals surface area contributed by atoms with Gasteiger partial charge < -0.3 is 20.1 Å². The van der Waals surface area contributed by atoms with Crippen LogP contribution in [0.2, 0.25) is 0 Å². The van der Waals surface area contributed by atoms with E-state index in [-0.39, 0.29) is 17.8 Å². The number of carbonyl (C=O) groups is 1. The van der Waals surface area contributed by atoms with Crippen LogP contribution >= 0.6 is 0 Å². The lowest BCUT2D eigenvalue weighted by atomic mass is 9.86. The van der Waals surface area contributed by atoms with E-state index in [1.54, 1.807) is 7.05 Å². The molecule has 5 nitrogen and oxygen atoms in total. The lowest BCUT2D eigenvalue weighted by Gasteiger charge is -2.34. The SMILES string of the molecule is CNC(=O)c1ccc(CNC[C@@H]2COC3(CCC(C)CC3)O2)cc1. The molecule has 2 fully saturated rings. The third-order valence-electron chi connectivity index (χ3n) is 5.09. The average molecular weight is 332 g/mol. The number of benzene rings is 1. The van der Waals surface area contributed by atoms with Crippen molar-refractivity contribution in [3.05, 3.63) is 35.4 Å². The summed E-state index contributed by atoms with van der Waals surface area (Å²) in [6, 6.07) is 7.66. The van der Waals surface area contributed by atoms with E-state index in [2.05, 4.69) is 17.6 Å². The summed E-state index contributed by atoms with van der Waals surface area (Å²) in [4.78, 5) is 11.5. The highest BCUT2D eigenvalue weighted by molar-refractivity contribution is 5.93. The van der Waals surface area contributed by atoms with Crippen molar-refractivity contribution in [2.75, 3.05) is 20.2 Å². The maximum atomic E-state index is 11.5. The van der Waals surface area contributed by atoms with E-state index < -0.39 is 0 Å². The molecular weight excluding hydrogens is 304 g/mol. The molecule has 2 aliphatic rings. The zero-order chi connectivity index (χ0) is 17.0. The summed E-state index contributed by atoms with van der Waals surface area (Å²) < 4.78 is 12.2. The number of amides is 1. The Morgan fingerprint density at radius 1 is 1.25 bits per heavy atom. The van der Waals surface area contributed by atoms with Crippen molar-refractivity contribution in [3.63, 3.8) is 0 Å². The molecule has 0 radical (unpaired) electrons. The molecule has 132 valence electrons. The second-order valence-corrected chi connectivity index (χ2v) is 7.05. The maximum absolute atomic E-state index is 11.5. The van der Waals surface area contributed by atoms with E-state index in [4.69, 9.17) is 9.47 Å². The summed E-state index contributed by atoms with van der Waals surface area (Å²) in [6.45, 7) is 4.53. The molecule has 1 spiro atoms. The molecule has 1 saturated carbocycles. The van der Waals surface area contributed by atoms with Crippen molar-refractivity contribution in [1.82, 2.24) is 10.6 Å². The number of nitrogens with one attached hydrogen (secondary N) is 2. The summed E-state index contributed by atoms with van der Waals surface area (Å²) in [5, 5.41) is 6.06. The van der Waals surface area contributed by atoms with Gasteiger partial charge in [0.2, 0.25) is 0 Å².